The molecule has 3 nitrogen and oxygen atoms in total. The molecule has 0 aromatic rings. The number of hydrogen-bond acceptors (Lipinski definition) is 2. The second kappa shape index (κ2) is 3.76. The number of rotatable bonds is 2. The van der Waals surface area contributed by atoms with E-state index < -0.39 is 24.4 Å². The summed E-state index contributed by atoms with van der Waals surface area (Å²) >= 11 is 0. The van der Waals surface area contributed by atoms with Gasteiger partial charge < -0.3 is 5.32 Å². The summed E-state index contributed by atoms with van der Waals surface area (Å²) in [5.74, 6) is -2.33. The van der Waals surface area contributed by atoms with Crippen LogP contribution >= 0.6 is 0 Å². The fourth-order valence-electron chi connectivity index (χ4n) is 0.340. The lowest BCUT2D eigenvalue weighted by atomic mass is 10.3. The first-order valence-corrected chi connectivity index (χ1v) is 2.72. The molecule has 0 aromatic heterocycles. The minimum absolute atomic E-state index is 0.402. The molecule has 0 saturated heterocycles. The lowest BCUT2D eigenvalue weighted by molar-refractivity contribution is -0.175. The van der Waals surface area contributed by atoms with Gasteiger partial charge in [-0.1, -0.05) is 5.92 Å². The molecule has 0 bridgehead atoms. The molecule has 12 heavy (non-hydrogen) atoms. The van der Waals surface area contributed by atoms with Gasteiger partial charge in [-0.15, -0.1) is 6.42 Å². The smallest absolute Gasteiger partial charge is 0.338 e. The van der Waals surface area contributed by atoms with Gasteiger partial charge in [-0.2, -0.15) is 13.2 Å². The van der Waals surface area contributed by atoms with Crippen LogP contribution in [0.2, 0.25) is 0 Å². The van der Waals surface area contributed by atoms with Crippen molar-refractivity contribution in [1.82, 2.24) is 5.32 Å². The maximum atomic E-state index is 11.5. The first-order chi connectivity index (χ1) is 5.39. The minimum atomic E-state index is -5.14. The van der Waals surface area contributed by atoms with E-state index in [4.69, 9.17) is 0 Å². The van der Waals surface area contributed by atoms with Crippen LogP contribution in [0.5, 0.6) is 0 Å². The van der Waals surface area contributed by atoms with E-state index in [1.165, 1.54) is 0 Å². The van der Waals surface area contributed by atoms with Crippen LogP contribution in [-0.2, 0) is 9.59 Å². The van der Waals surface area contributed by atoms with Crippen LogP contribution in [0.3, 0.4) is 0 Å². The lowest BCUT2D eigenvalue weighted by Crippen LogP contribution is -2.39. The Kier molecular flexibility index (Phi) is 3.29. The number of halogens is 3. The molecular weight excluding hydrogens is 175 g/mol. The van der Waals surface area contributed by atoms with Gasteiger partial charge in [0.15, 0.2) is 0 Å². The Balaban J connectivity index is 4.15. The van der Waals surface area contributed by atoms with Crippen LogP contribution in [0.4, 0.5) is 13.2 Å². The van der Waals surface area contributed by atoms with E-state index in [-0.39, 0.29) is 0 Å². The van der Waals surface area contributed by atoms with E-state index in [0.717, 1.165) is 0 Å². The molecule has 0 unspecified atom stereocenters. The topological polar surface area (TPSA) is 46.2 Å². The Morgan fingerprint density at radius 2 is 1.92 bits per heavy atom. The number of ketones is 1. The number of alkyl halides is 3. The Labute approximate surface area is 65.9 Å². The normalized spacial score (nSPS) is 10.2. The average Bonchev–Trinajstić information content (AvgIpc) is 1.97. The summed E-state index contributed by atoms with van der Waals surface area (Å²) in [6.07, 6.45) is -0.511. The van der Waals surface area contributed by atoms with Crippen LogP contribution in [-0.4, -0.2) is 24.4 Å². The Morgan fingerprint density at radius 3 is 2.25 bits per heavy atom. The maximum absolute atomic E-state index is 11.5. The summed E-state index contributed by atoms with van der Waals surface area (Å²) in [5.41, 5.74) is 0. The monoisotopic (exact) mass is 179 g/mol. The van der Waals surface area contributed by atoms with Gasteiger partial charge in [0.05, 0.1) is 6.54 Å². The summed E-state index contributed by atoms with van der Waals surface area (Å²) < 4.78 is 34.4. The van der Waals surface area contributed by atoms with Gasteiger partial charge in [0.2, 0.25) is 0 Å². The standard InChI is InChI=1S/C6H4F3NO2/c1-2-3-10-5(12)4(11)6(7,8)9/h1H,3H2,(H,10,12). The zero-order chi connectivity index (χ0) is 9.78. The molecule has 0 spiro atoms. The Hall–Kier alpha value is -1.51. The summed E-state index contributed by atoms with van der Waals surface area (Å²) in [7, 11) is 0. The van der Waals surface area contributed by atoms with Crippen LogP contribution in [0.25, 0.3) is 0 Å². The number of nitrogens with one attached hydrogen (secondary N) is 1. The van der Waals surface area contributed by atoms with E-state index in [0.29, 0.717) is 0 Å². The SMILES string of the molecule is C#CCNC(=O)C(=O)C(F)(F)F. The van der Waals surface area contributed by atoms with Gasteiger partial charge in [-0.25, -0.2) is 0 Å². The van der Waals surface area contributed by atoms with Crippen LogP contribution in [0.1, 0.15) is 0 Å². The number of terminal acetylenes is 1. The minimum Gasteiger partial charge on any atom is -0.338 e. The second-order valence-corrected chi connectivity index (χ2v) is 1.71. The summed E-state index contributed by atoms with van der Waals surface area (Å²) in [6, 6.07) is 0. The Bertz CT molecular complexity index is 238. The van der Waals surface area contributed by atoms with Crippen LogP contribution in [0.15, 0.2) is 0 Å². The molecule has 0 aromatic carbocycles. The fourth-order valence-corrected chi connectivity index (χ4v) is 0.340. The third-order valence-corrected chi connectivity index (χ3v) is 0.815. The Morgan fingerprint density at radius 1 is 1.42 bits per heavy atom. The number of hydrogen-bond donors (Lipinski definition) is 1. The fraction of sp³-hybridized carbons (Fsp3) is 0.333. The zero-order valence-electron chi connectivity index (χ0n) is 5.73. The highest BCUT2D eigenvalue weighted by Crippen LogP contribution is 2.15. The molecule has 0 aliphatic heterocycles. The summed E-state index contributed by atoms with van der Waals surface area (Å²) in [4.78, 5) is 20.3. The van der Waals surface area contributed by atoms with E-state index in [2.05, 4.69) is 6.42 Å². The average molecular weight is 179 g/mol. The molecule has 66 valence electrons. The molecule has 0 radical (unpaired) electrons. The van der Waals surface area contributed by atoms with E-state index in [1.54, 1.807) is 5.32 Å². The van der Waals surface area contributed by atoms with Crippen LogP contribution in [0, 0.1) is 12.3 Å². The molecule has 1 amide bonds. The largest absolute Gasteiger partial charge is 0.460 e. The molecule has 0 aliphatic rings. The zero-order valence-corrected chi connectivity index (χ0v) is 5.73. The number of carbonyl (C=O) groups excluding carboxylic acids is 2. The molecule has 6 heteroatoms. The lowest BCUT2D eigenvalue weighted by Gasteiger charge is -2.03. The predicted molar refractivity (Wildman–Crippen MR) is 32.9 cm³/mol. The molecule has 0 aliphatic carbocycles. The van der Waals surface area contributed by atoms with E-state index in [1.807, 2.05) is 5.92 Å². The third-order valence-electron chi connectivity index (χ3n) is 0.815. The van der Waals surface area contributed by atoms with Crippen LogP contribution < -0.4 is 5.32 Å². The highest BCUT2D eigenvalue weighted by Gasteiger charge is 2.43. The molecule has 0 heterocycles. The summed E-state index contributed by atoms with van der Waals surface area (Å²) in [5, 5.41) is 1.59. The molecule has 0 rings (SSSR count). The van der Waals surface area contributed by atoms with Crippen molar-refractivity contribution < 1.29 is 22.8 Å². The van der Waals surface area contributed by atoms with E-state index in [9.17, 15) is 22.8 Å². The molecular formula is C6H4F3NO2. The number of amides is 1. The van der Waals surface area contributed by atoms with Crippen molar-refractivity contribution in [3.63, 3.8) is 0 Å². The second-order valence-electron chi connectivity index (χ2n) is 1.71. The van der Waals surface area contributed by atoms with Gasteiger partial charge in [-0.05, 0) is 0 Å². The highest BCUT2D eigenvalue weighted by molar-refractivity contribution is 6.38. The highest BCUT2D eigenvalue weighted by atomic mass is 19.4. The van der Waals surface area contributed by atoms with Gasteiger partial charge in [0, 0.05) is 0 Å². The maximum Gasteiger partial charge on any atom is 0.460 e. The molecule has 0 saturated carbocycles. The number of Topliss-reactive ketones (excluding diaryl/α,β-unsaturated/α-hetero) is 1. The third kappa shape index (κ3) is 3.05. The van der Waals surface area contributed by atoms with Crippen molar-refractivity contribution >= 4 is 11.7 Å². The molecule has 0 atom stereocenters. The van der Waals surface area contributed by atoms with Crippen molar-refractivity contribution in [3.8, 4) is 12.3 Å². The molecule has 0 fully saturated rings. The van der Waals surface area contributed by atoms with Crippen molar-refractivity contribution in [2.75, 3.05) is 6.54 Å². The molecule has 1 N–H and O–H groups in total. The van der Waals surface area contributed by atoms with Gasteiger partial charge in [-0.3, -0.25) is 9.59 Å². The van der Waals surface area contributed by atoms with Crippen molar-refractivity contribution in [3.05, 3.63) is 0 Å². The van der Waals surface area contributed by atoms with Gasteiger partial charge in [0.25, 0.3) is 5.91 Å². The first kappa shape index (κ1) is 10.5. The first-order valence-electron chi connectivity index (χ1n) is 2.72. The van der Waals surface area contributed by atoms with Gasteiger partial charge >= 0.3 is 12.0 Å². The van der Waals surface area contributed by atoms with E-state index >= 15 is 0 Å². The predicted octanol–water partition coefficient (Wildman–Crippen LogP) is -0.133. The van der Waals surface area contributed by atoms with Crippen molar-refractivity contribution in [1.29, 1.82) is 0 Å². The van der Waals surface area contributed by atoms with Crippen molar-refractivity contribution in [2.24, 2.45) is 0 Å². The number of carbonyl (C=O) groups is 2. The quantitative estimate of drug-likeness (QED) is 0.474. The van der Waals surface area contributed by atoms with Gasteiger partial charge in [0.1, 0.15) is 0 Å². The summed E-state index contributed by atoms with van der Waals surface area (Å²) in [6.45, 7) is -0.402. The van der Waals surface area contributed by atoms with Crippen molar-refractivity contribution in [2.45, 2.75) is 6.18 Å².